The van der Waals surface area contributed by atoms with Gasteiger partial charge < -0.3 is 14.8 Å². The highest BCUT2D eigenvalue weighted by molar-refractivity contribution is 5.81. The minimum Gasteiger partial charge on any atom is -0.474 e. The molecule has 2 aliphatic rings. The molecule has 4 heterocycles. The molecule has 2 aromatic carbocycles. The van der Waals surface area contributed by atoms with Gasteiger partial charge in [-0.15, -0.1) is 0 Å². The molecule has 1 N–H and O–H groups in total. The third-order valence-corrected chi connectivity index (χ3v) is 7.78. The predicted molar refractivity (Wildman–Crippen MR) is 150 cm³/mol. The number of benzene rings is 2. The van der Waals surface area contributed by atoms with E-state index in [-0.39, 0.29) is 5.41 Å². The Kier molecular flexibility index (Phi) is 7.29. The van der Waals surface area contributed by atoms with Gasteiger partial charge in [-0.2, -0.15) is 5.26 Å². The lowest BCUT2D eigenvalue weighted by molar-refractivity contribution is 0.0342. The summed E-state index contributed by atoms with van der Waals surface area (Å²) in [5, 5.41) is 12.8. The van der Waals surface area contributed by atoms with Gasteiger partial charge in [-0.05, 0) is 37.1 Å². The molecule has 2 fully saturated rings. The number of ether oxygens (including phenoxy) is 2. The molecule has 39 heavy (non-hydrogen) atoms. The number of nitrogens with zero attached hydrogens (tertiary/aromatic N) is 5. The van der Waals surface area contributed by atoms with Crippen molar-refractivity contribution in [1.82, 2.24) is 24.6 Å². The van der Waals surface area contributed by atoms with E-state index >= 15 is 0 Å². The molecule has 0 bridgehead atoms. The number of fused-ring (bicyclic) bond motifs is 1. The van der Waals surface area contributed by atoms with Crippen molar-refractivity contribution in [3.63, 3.8) is 0 Å². The number of nitriles is 1. The third-order valence-electron chi connectivity index (χ3n) is 7.78. The fourth-order valence-corrected chi connectivity index (χ4v) is 5.51. The zero-order valence-corrected chi connectivity index (χ0v) is 22.4. The summed E-state index contributed by atoms with van der Waals surface area (Å²) in [5.41, 5.74) is 6.35. The highest BCUT2D eigenvalue weighted by Gasteiger charge is 2.29. The second kappa shape index (κ2) is 11.1. The van der Waals surface area contributed by atoms with Crippen LogP contribution in [0.2, 0.25) is 0 Å². The molecule has 8 nitrogen and oxygen atoms in total. The van der Waals surface area contributed by atoms with Crippen LogP contribution in [0, 0.1) is 16.7 Å². The van der Waals surface area contributed by atoms with Gasteiger partial charge in [0.2, 0.25) is 5.65 Å². The second-order valence-electron chi connectivity index (χ2n) is 10.9. The molecule has 0 saturated carbocycles. The summed E-state index contributed by atoms with van der Waals surface area (Å²) in [6, 6.07) is 18.5. The Morgan fingerprint density at radius 3 is 2.56 bits per heavy atom. The Morgan fingerprint density at radius 1 is 1.08 bits per heavy atom. The highest BCUT2D eigenvalue weighted by Crippen LogP contribution is 2.36. The van der Waals surface area contributed by atoms with Crippen LogP contribution in [0.15, 0.2) is 60.9 Å². The van der Waals surface area contributed by atoms with Gasteiger partial charge in [0.25, 0.3) is 5.88 Å². The molecule has 4 aromatic rings. The van der Waals surface area contributed by atoms with Crippen LogP contribution in [-0.2, 0) is 11.3 Å². The van der Waals surface area contributed by atoms with Crippen LogP contribution in [0.4, 0.5) is 0 Å². The molecule has 0 aliphatic carbocycles. The van der Waals surface area contributed by atoms with Crippen molar-refractivity contribution in [2.24, 2.45) is 5.41 Å². The quantitative estimate of drug-likeness (QED) is 0.381. The molecule has 2 aromatic heterocycles. The molecule has 2 saturated heterocycles. The first-order valence-corrected chi connectivity index (χ1v) is 13.7. The van der Waals surface area contributed by atoms with Gasteiger partial charge in [0.1, 0.15) is 0 Å². The van der Waals surface area contributed by atoms with Crippen LogP contribution in [0.5, 0.6) is 5.88 Å². The van der Waals surface area contributed by atoms with Crippen molar-refractivity contribution in [3.8, 4) is 34.5 Å². The molecule has 1 atom stereocenters. The maximum absolute atomic E-state index is 9.34. The SMILES string of the molecule is C[C@@]1(COc2nc(-c3ccc(C#N)cc3)c(-c3ccc(CN4CCOCC4)cc3)n3ccnc23)CCCNC1. The van der Waals surface area contributed by atoms with Gasteiger partial charge in [-0.3, -0.25) is 9.30 Å². The number of piperidine rings is 1. The lowest BCUT2D eigenvalue weighted by Crippen LogP contribution is -2.41. The van der Waals surface area contributed by atoms with E-state index in [2.05, 4.69) is 56.9 Å². The Morgan fingerprint density at radius 2 is 1.85 bits per heavy atom. The Bertz CT molecular complexity index is 1460. The van der Waals surface area contributed by atoms with E-state index in [4.69, 9.17) is 14.5 Å². The first-order valence-electron chi connectivity index (χ1n) is 13.7. The van der Waals surface area contributed by atoms with E-state index in [1.54, 1.807) is 6.20 Å². The summed E-state index contributed by atoms with van der Waals surface area (Å²) in [4.78, 5) is 12.1. The van der Waals surface area contributed by atoms with E-state index < -0.39 is 0 Å². The summed E-state index contributed by atoms with van der Waals surface area (Å²) >= 11 is 0. The average molecular weight is 523 g/mol. The number of morpholine rings is 1. The van der Waals surface area contributed by atoms with Gasteiger partial charge in [0.15, 0.2) is 0 Å². The molecular weight excluding hydrogens is 488 g/mol. The molecule has 2 aliphatic heterocycles. The van der Waals surface area contributed by atoms with Crippen molar-refractivity contribution in [2.45, 2.75) is 26.3 Å². The van der Waals surface area contributed by atoms with Crippen LogP contribution in [0.25, 0.3) is 28.2 Å². The fourth-order valence-electron chi connectivity index (χ4n) is 5.51. The standard InChI is InChI=1S/C31H34N6O2/c1-31(11-2-12-33-21-31)22-39-30-29-34-13-14-37(29)28(27(35-30)25-7-3-23(19-32)4-8-25)26-9-5-24(6-10-26)20-36-15-17-38-18-16-36/h3-10,13-14,33H,2,11-12,15-18,20-22H2,1H3/t31-/m1/s1. The van der Waals surface area contributed by atoms with Crippen LogP contribution in [0.3, 0.4) is 0 Å². The monoisotopic (exact) mass is 522 g/mol. The first kappa shape index (κ1) is 25.5. The minimum absolute atomic E-state index is 0.0487. The zero-order chi connectivity index (χ0) is 26.7. The van der Waals surface area contributed by atoms with Crippen molar-refractivity contribution in [1.29, 1.82) is 5.26 Å². The third kappa shape index (κ3) is 5.52. The molecule has 0 amide bonds. The van der Waals surface area contributed by atoms with Crippen molar-refractivity contribution in [3.05, 3.63) is 72.1 Å². The molecule has 6 rings (SSSR count). The maximum Gasteiger partial charge on any atom is 0.259 e. The molecule has 8 heteroatoms. The van der Waals surface area contributed by atoms with Crippen LogP contribution < -0.4 is 10.1 Å². The fraction of sp³-hybridized carbons (Fsp3) is 0.387. The van der Waals surface area contributed by atoms with E-state index in [9.17, 15) is 5.26 Å². The average Bonchev–Trinajstić information content (AvgIpc) is 3.47. The van der Waals surface area contributed by atoms with Gasteiger partial charge in [-0.1, -0.05) is 43.3 Å². The smallest absolute Gasteiger partial charge is 0.259 e. The van der Waals surface area contributed by atoms with Gasteiger partial charge >= 0.3 is 0 Å². The molecule has 200 valence electrons. The lowest BCUT2D eigenvalue weighted by Gasteiger charge is -2.33. The second-order valence-corrected chi connectivity index (χ2v) is 10.9. The molecule has 0 unspecified atom stereocenters. The van der Waals surface area contributed by atoms with Crippen molar-refractivity contribution >= 4 is 5.65 Å². The molecular formula is C31H34N6O2. The van der Waals surface area contributed by atoms with Gasteiger partial charge in [0, 0.05) is 55.1 Å². The van der Waals surface area contributed by atoms with Gasteiger partial charge in [-0.25, -0.2) is 9.97 Å². The Balaban J connectivity index is 1.39. The van der Waals surface area contributed by atoms with E-state index in [1.165, 1.54) is 5.56 Å². The highest BCUT2D eigenvalue weighted by atomic mass is 16.5. The largest absolute Gasteiger partial charge is 0.474 e. The number of hydrogen-bond acceptors (Lipinski definition) is 7. The number of hydrogen-bond donors (Lipinski definition) is 1. The molecule has 0 radical (unpaired) electrons. The summed E-state index contributed by atoms with van der Waals surface area (Å²) < 4.78 is 14.0. The van der Waals surface area contributed by atoms with Gasteiger partial charge in [0.05, 0.1) is 42.8 Å². The maximum atomic E-state index is 9.34. The van der Waals surface area contributed by atoms with E-state index in [0.717, 1.165) is 81.3 Å². The minimum atomic E-state index is 0.0487. The lowest BCUT2D eigenvalue weighted by atomic mass is 9.84. The summed E-state index contributed by atoms with van der Waals surface area (Å²) in [5.74, 6) is 0.527. The Labute approximate surface area is 229 Å². The van der Waals surface area contributed by atoms with Crippen molar-refractivity contribution in [2.75, 3.05) is 46.0 Å². The number of aromatic nitrogens is 3. The summed E-state index contributed by atoms with van der Waals surface area (Å²) in [6.07, 6.45) is 6.02. The van der Waals surface area contributed by atoms with Crippen LogP contribution >= 0.6 is 0 Å². The van der Waals surface area contributed by atoms with E-state index in [1.807, 2.05) is 30.5 Å². The van der Waals surface area contributed by atoms with Crippen molar-refractivity contribution < 1.29 is 9.47 Å². The van der Waals surface area contributed by atoms with E-state index in [0.29, 0.717) is 23.7 Å². The van der Waals surface area contributed by atoms with Crippen LogP contribution in [-0.4, -0.2) is 65.3 Å². The van der Waals surface area contributed by atoms with Crippen LogP contribution in [0.1, 0.15) is 30.9 Å². The predicted octanol–water partition coefficient (Wildman–Crippen LogP) is 4.54. The molecule has 0 spiro atoms. The normalized spacial score (nSPS) is 20.1. The topological polar surface area (TPSA) is 87.7 Å². The summed E-state index contributed by atoms with van der Waals surface area (Å²) in [6.45, 7) is 9.22. The zero-order valence-electron chi connectivity index (χ0n) is 22.4. The summed E-state index contributed by atoms with van der Waals surface area (Å²) in [7, 11) is 0. The number of imidazole rings is 1. The number of rotatable bonds is 7. The Hall–Kier alpha value is -3.77. The first-order chi connectivity index (χ1) is 19.1. The number of nitrogens with one attached hydrogen (secondary N) is 1.